The molecule has 2 nitrogen and oxygen atoms in total. The predicted octanol–water partition coefficient (Wildman–Crippen LogP) is 3.51. The number of carbonyl (C=O) groups excluding carboxylic acids is 1. The highest BCUT2D eigenvalue weighted by atomic mass is 32.1. The smallest absolute Gasteiger partial charge is 0.338 e. The first kappa shape index (κ1) is 10.9. The van der Waals surface area contributed by atoms with Gasteiger partial charge in [0.1, 0.15) is 0 Å². The van der Waals surface area contributed by atoms with Gasteiger partial charge in [-0.3, -0.25) is 0 Å². The maximum Gasteiger partial charge on any atom is 0.338 e. The van der Waals surface area contributed by atoms with Gasteiger partial charge in [-0.2, -0.15) is 0 Å². The summed E-state index contributed by atoms with van der Waals surface area (Å²) < 4.78 is 4.75. The van der Waals surface area contributed by atoms with Gasteiger partial charge in [0, 0.05) is 4.88 Å². The zero-order valence-corrected chi connectivity index (χ0v) is 10.0. The molecular weight excluding hydrogens is 220 g/mol. The molecule has 1 aromatic carbocycles. The molecule has 0 spiro atoms. The van der Waals surface area contributed by atoms with E-state index in [0.717, 1.165) is 11.1 Å². The fourth-order valence-corrected chi connectivity index (χ4v) is 2.47. The van der Waals surface area contributed by atoms with Crippen LogP contribution < -0.4 is 0 Å². The minimum absolute atomic E-state index is 0.282. The van der Waals surface area contributed by atoms with Crippen LogP contribution in [0.15, 0.2) is 35.7 Å². The molecule has 0 unspecified atom stereocenters. The first-order chi connectivity index (χ1) is 7.74. The van der Waals surface area contributed by atoms with Gasteiger partial charge in [-0.15, -0.1) is 11.3 Å². The molecule has 0 aliphatic carbocycles. The number of carbonyl (C=O) groups is 1. The molecule has 2 rings (SSSR count). The lowest BCUT2D eigenvalue weighted by Crippen LogP contribution is -2.04. The summed E-state index contributed by atoms with van der Waals surface area (Å²) in [6, 6.07) is 9.75. The SMILES string of the molecule is COC(=O)c1cccc(-c2cccs2)c1C. The maximum atomic E-state index is 11.5. The molecule has 16 heavy (non-hydrogen) atoms. The van der Waals surface area contributed by atoms with E-state index in [0.29, 0.717) is 5.56 Å². The van der Waals surface area contributed by atoms with Crippen LogP contribution in [0.2, 0.25) is 0 Å². The maximum absolute atomic E-state index is 11.5. The Morgan fingerprint density at radius 3 is 2.69 bits per heavy atom. The zero-order valence-electron chi connectivity index (χ0n) is 9.19. The predicted molar refractivity (Wildman–Crippen MR) is 65.8 cm³/mol. The van der Waals surface area contributed by atoms with E-state index in [2.05, 4.69) is 0 Å². The van der Waals surface area contributed by atoms with Crippen LogP contribution in [0.4, 0.5) is 0 Å². The lowest BCUT2D eigenvalue weighted by molar-refractivity contribution is 0.0600. The Morgan fingerprint density at radius 2 is 2.06 bits per heavy atom. The van der Waals surface area contributed by atoms with Crippen molar-refractivity contribution in [1.29, 1.82) is 0 Å². The number of rotatable bonds is 2. The summed E-state index contributed by atoms with van der Waals surface area (Å²) in [7, 11) is 1.40. The molecule has 0 saturated carbocycles. The van der Waals surface area contributed by atoms with Crippen LogP contribution in [0.5, 0.6) is 0 Å². The van der Waals surface area contributed by atoms with Gasteiger partial charge in [0.05, 0.1) is 12.7 Å². The monoisotopic (exact) mass is 232 g/mol. The van der Waals surface area contributed by atoms with E-state index in [1.165, 1.54) is 12.0 Å². The molecule has 82 valence electrons. The largest absolute Gasteiger partial charge is 0.465 e. The molecule has 0 aliphatic heterocycles. The number of hydrogen-bond donors (Lipinski definition) is 0. The Morgan fingerprint density at radius 1 is 1.25 bits per heavy atom. The van der Waals surface area contributed by atoms with Gasteiger partial charge in [-0.05, 0) is 35.6 Å². The third-order valence-electron chi connectivity index (χ3n) is 2.53. The van der Waals surface area contributed by atoms with Gasteiger partial charge in [0.2, 0.25) is 0 Å². The summed E-state index contributed by atoms with van der Waals surface area (Å²) in [5.74, 6) is -0.282. The first-order valence-electron chi connectivity index (χ1n) is 4.96. The van der Waals surface area contributed by atoms with E-state index in [1.54, 1.807) is 17.4 Å². The Balaban J connectivity index is 2.53. The fraction of sp³-hybridized carbons (Fsp3) is 0.154. The molecule has 0 bridgehead atoms. The highest BCUT2D eigenvalue weighted by Gasteiger charge is 2.12. The lowest BCUT2D eigenvalue weighted by atomic mass is 10.0. The number of esters is 1. The summed E-state index contributed by atoms with van der Waals surface area (Å²) in [5.41, 5.74) is 2.70. The minimum Gasteiger partial charge on any atom is -0.465 e. The number of benzene rings is 1. The van der Waals surface area contributed by atoms with Crippen LogP contribution in [0.3, 0.4) is 0 Å². The molecule has 2 aromatic rings. The second-order valence-electron chi connectivity index (χ2n) is 3.45. The van der Waals surface area contributed by atoms with E-state index in [-0.39, 0.29) is 5.97 Å². The highest BCUT2D eigenvalue weighted by molar-refractivity contribution is 7.13. The number of ether oxygens (including phenoxy) is 1. The molecule has 1 aromatic heterocycles. The molecule has 0 atom stereocenters. The van der Waals surface area contributed by atoms with E-state index in [1.807, 2.05) is 36.6 Å². The Kier molecular flexibility index (Phi) is 3.06. The van der Waals surface area contributed by atoms with Gasteiger partial charge in [0.25, 0.3) is 0 Å². The zero-order chi connectivity index (χ0) is 11.5. The first-order valence-corrected chi connectivity index (χ1v) is 5.84. The Bertz CT molecular complexity index is 501. The fourth-order valence-electron chi connectivity index (χ4n) is 1.67. The van der Waals surface area contributed by atoms with Crippen molar-refractivity contribution in [2.45, 2.75) is 6.92 Å². The minimum atomic E-state index is -0.282. The Labute approximate surface area is 98.5 Å². The second-order valence-corrected chi connectivity index (χ2v) is 4.39. The average molecular weight is 232 g/mol. The number of hydrogen-bond acceptors (Lipinski definition) is 3. The third-order valence-corrected chi connectivity index (χ3v) is 3.43. The van der Waals surface area contributed by atoms with E-state index in [4.69, 9.17) is 4.74 Å². The van der Waals surface area contributed by atoms with Gasteiger partial charge in [-0.1, -0.05) is 18.2 Å². The van der Waals surface area contributed by atoms with Crippen LogP contribution in [0, 0.1) is 6.92 Å². The van der Waals surface area contributed by atoms with Crippen molar-refractivity contribution in [2.75, 3.05) is 7.11 Å². The van der Waals surface area contributed by atoms with E-state index >= 15 is 0 Å². The normalized spacial score (nSPS) is 10.1. The summed E-state index contributed by atoms with van der Waals surface area (Å²) in [5, 5.41) is 2.03. The topological polar surface area (TPSA) is 26.3 Å². The molecular formula is C13H12O2S. The molecule has 0 aliphatic rings. The lowest BCUT2D eigenvalue weighted by Gasteiger charge is -2.08. The summed E-state index contributed by atoms with van der Waals surface area (Å²) >= 11 is 1.67. The highest BCUT2D eigenvalue weighted by Crippen LogP contribution is 2.29. The number of methoxy groups -OCH3 is 1. The van der Waals surface area contributed by atoms with E-state index in [9.17, 15) is 4.79 Å². The van der Waals surface area contributed by atoms with Crippen molar-refractivity contribution in [2.24, 2.45) is 0 Å². The average Bonchev–Trinajstić information content (AvgIpc) is 2.82. The molecule has 0 N–H and O–H groups in total. The van der Waals surface area contributed by atoms with Crippen molar-refractivity contribution in [3.05, 3.63) is 46.8 Å². The quantitative estimate of drug-likeness (QED) is 0.741. The van der Waals surface area contributed by atoms with Gasteiger partial charge >= 0.3 is 5.97 Å². The molecule has 0 saturated heterocycles. The molecule has 1 heterocycles. The van der Waals surface area contributed by atoms with E-state index < -0.39 is 0 Å². The van der Waals surface area contributed by atoms with Crippen molar-refractivity contribution in [3.8, 4) is 10.4 Å². The standard InChI is InChI=1S/C13H12O2S/c1-9-10(12-7-4-8-16-12)5-3-6-11(9)13(14)15-2/h3-8H,1-2H3. The van der Waals surface area contributed by atoms with Crippen LogP contribution >= 0.6 is 11.3 Å². The molecule has 0 radical (unpaired) electrons. The van der Waals surface area contributed by atoms with Crippen molar-refractivity contribution in [1.82, 2.24) is 0 Å². The van der Waals surface area contributed by atoms with Crippen LogP contribution in [0.25, 0.3) is 10.4 Å². The van der Waals surface area contributed by atoms with Crippen molar-refractivity contribution in [3.63, 3.8) is 0 Å². The summed E-state index contributed by atoms with van der Waals surface area (Å²) in [6.07, 6.45) is 0. The third kappa shape index (κ3) is 1.86. The van der Waals surface area contributed by atoms with Crippen LogP contribution in [-0.2, 0) is 4.74 Å². The number of thiophene rings is 1. The Hall–Kier alpha value is -1.61. The van der Waals surface area contributed by atoms with Crippen molar-refractivity contribution >= 4 is 17.3 Å². The molecule has 0 amide bonds. The molecule has 3 heteroatoms. The van der Waals surface area contributed by atoms with Crippen LogP contribution in [0.1, 0.15) is 15.9 Å². The van der Waals surface area contributed by atoms with Gasteiger partial charge in [-0.25, -0.2) is 4.79 Å². The summed E-state index contributed by atoms with van der Waals surface area (Å²) in [4.78, 5) is 12.7. The van der Waals surface area contributed by atoms with Gasteiger partial charge in [0.15, 0.2) is 0 Å². The molecule has 0 fully saturated rings. The second kappa shape index (κ2) is 4.49. The van der Waals surface area contributed by atoms with Gasteiger partial charge < -0.3 is 4.74 Å². The van der Waals surface area contributed by atoms with Crippen molar-refractivity contribution < 1.29 is 9.53 Å². The summed E-state index contributed by atoms with van der Waals surface area (Å²) in [6.45, 7) is 1.95. The van der Waals surface area contributed by atoms with Crippen LogP contribution in [-0.4, -0.2) is 13.1 Å².